The summed E-state index contributed by atoms with van der Waals surface area (Å²) in [5.74, 6) is -0.0759. The number of carbonyl (C=O) groups excluding carboxylic acids is 2. The predicted molar refractivity (Wildman–Crippen MR) is 83.9 cm³/mol. The van der Waals surface area contributed by atoms with Crippen LogP contribution in [0.2, 0.25) is 0 Å². The average Bonchev–Trinajstić information content (AvgIpc) is 3.11. The number of imide groups is 1. The Labute approximate surface area is 138 Å². The van der Waals surface area contributed by atoms with Crippen molar-refractivity contribution in [2.75, 3.05) is 18.8 Å². The topological polar surface area (TPSA) is 74.8 Å². The fraction of sp³-hybridized carbons (Fsp3) is 0.455. The van der Waals surface area contributed by atoms with Crippen LogP contribution in [0.15, 0.2) is 20.1 Å². The summed E-state index contributed by atoms with van der Waals surface area (Å²) in [7, 11) is -3.55. The smallest absolute Gasteiger partial charge is 0.273 e. The minimum absolute atomic E-state index is 0.153. The highest BCUT2D eigenvalue weighted by Gasteiger charge is 2.42. The van der Waals surface area contributed by atoms with Gasteiger partial charge in [-0.25, -0.2) is 8.42 Å². The van der Waals surface area contributed by atoms with Crippen LogP contribution in [0.25, 0.3) is 0 Å². The minimum atomic E-state index is -3.55. The van der Waals surface area contributed by atoms with Gasteiger partial charge in [-0.05, 0) is 34.5 Å². The van der Waals surface area contributed by atoms with Crippen LogP contribution in [0.5, 0.6) is 0 Å². The Hall–Kier alpha value is -0.420. The van der Waals surface area contributed by atoms with E-state index in [4.69, 9.17) is 0 Å². The van der Waals surface area contributed by atoms with Gasteiger partial charge >= 0.3 is 0 Å². The molecule has 1 unspecified atom stereocenters. The first kappa shape index (κ1) is 15.5. The van der Waals surface area contributed by atoms with E-state index in [0.717, 1.165) is 26.9 Å². The Morgan fingerprint density at radius 3 is 2.62 bits per heavy atom. The van der Waals surface area contributed by atoms with Gasteiger partial charge in [0.1, 0.15) is 4.21 Å². The fourth-order valence-electron chi connectivity index (χ4n) is 2.42. The molecule has 2 saturated heterocycles. The van der Waals surface area contributed by atoms with Crippen LogP contribution in [-0.4, -0.2) is 53.7 Å². The van der Waals surface area contributed by atoms with Crippen LogP contribution in [0.1, 0.15) is 6.42 Å². The molecule has 21 heavy (non-hydrogen) atoms. The van der Waals surface area contributed by atoms with Crippen molar-refractivity contribution in [3.8, 4) is 0 Å². The van der Waals surface area contributed by atoms with E-state index in [0.29, 0.717) is 13.0 Å². The molecule has 0 aliphatic carbocycles. The number of hydrogen-bond acceptors (Lipinski definition) is 6. The zero-order valence-electron chi connectivity index (χ0n) is 10.7. The Morgan fingerprint density at radius 2 is 2.05 bits per heavy atom. The van der Waals surface area contributed by atoms with Crippen molar-refractivity contribution < 1.29 is 18.0 Å². The van der Waals surface area contributed by atoms with Gasteiger partial charge in [-0.2, -0.15) is 4.31 Å². The zero-order chi connectivity index (χ0) is 15.2. The maximum absolute atomic E-state index is 12.5. The summed E-state index contributed by atoms with van der Waals surface area (Å²) in [4.78, 5) is 24.6. The molecule has 0 spiro atoms. The molecular formula is C11H11BrN2O4S3. The van der Waals surface area contributed by atoms with Crippen molar-refractivity contribution in [1.82, 2.24) is 9.21 Å². The lowest BCUT2D eigenvalue weighted by atomic mass is 10.2. The Kier molecular flexibility index (Phi) is 4.17. The van der Waals surface area contributed by atoms with Gasteiger partial charge in [0.15, 0.2) is 0 Å². The van der Waals surface area contributed by atoms with Crippen LogP contribution >= 0.6 is 39.0 Å². The molecule has 6 nitrogen and oxygen atoms in total. The first-order valence-corrected chi connectivity index (χ1v) is 10.2. The Bertz CT molecular complexity index is 686. The summed E-state index contributed by atoms with van der Waals surface area (Å²) in [5, 5.41) is -0.275. The second kappa shape index (κ2) is 5.65. The quantitative estimate of drug-likeness (QED) is 0.761. The normalized spacial score (nSPS) is 24.2. The molecule has 114 valence electrons. The summed E-state index contributed by atoms with van der Waals surface area (Å²) >= 11 is 5.38. The minimum Gasteiger partial charge on any atom is -0.273 e. The molecule has 1 atom stereocenters. The van der Waals surface area contributed by atoms with Crippen molar-refractivity contribution in [2.45, 2.75) is 16.7 Å². The molecule has 3 rings (SSSR count). The highest BCUT2D eigenvalue weighted by atomic mass is 79.9. The molecule has 1 aromatic heterocycles. The number of carbonyl (C=O) groups is 2. The third kappa shape index (κ3) is 2.79. The standard InChI is InChI=1S/C11H11BrN2O4S3/c12-8-1-2-10(20-8)21(17,18)13-4-3-7(5-13)14-9(15)6-19-11(14)16/h1-2,7H,3-6H2. The monoisotopic (exact) mass is 410 g/mol. The molecule has 10 heteroatoms. The van der Waals surface area contributed by atoms with E-state index >= 15 is 0 Å². The van der Waals surface area contributed by atoms with Gasteiger partial charge in [0.25, 0.3) is 15.3 Å². The number of hydrogen-bond donors (Lipinski definition) is 0. The highest BCUT2D eigenvalue weighted by molar-refractivity contribution is 9.11. The molecule has 2 amide bonds. The van der Waals surface area contributed by atoms with Crippen molar-refractivity contribution in [2.24, 2.45) is 0 Å². The summed E-state index contributed by atoms with van der Waals surface area (Å²) in [6.07, 6.45) is 0.490. The van der Waals surface area contributed by atoms with Crippen molar-refractivity contribution >= 4 is 60.2 Å². The van der Waals surface area contributed by atoms with Crippen LogP contribution in [-0.2, 0) is 14.8 Å². The lowest BCUT2D eigenvalue weighted by Gasteiger charge is -2.21. The summed E-state index contributed by atoms with van der Waals surface area (Å²) in [6, 6.07) is 2.90. The molecule has 0 bridgehead atoms. The molecule has 2 fully saturated rings. The van der Waals surface area contributed by atoms with E-state index in [9.17, 15) is 18.0 Å². The number of thioether (sulfide) groups is 1. The number of rotatable bonds is 3. The lowest BCUT2D eigenvalue weighted by molar-refractivity contribution is -0.126. The molecule has 3 heterocycles. The van der Waals surface area contributed by atoms with E-state index in [2.05, 4.69) is 15.9 Å². The second-order valence-electron chi connectivity index (χ2n) is 4.68. The molecule has 0 saturated carbocycles. The SMILES string of the molecule is O=C1CSC(=O)N1C1CCN(S(=O)(=O)c2ccc(Br)s2)C1. The van der Waals surface area contributed by atoms with E-state index in [1.54, 1.807) is 12.1 Å². The van der Waals surface area contributed by atoms with Crippen LogP contribution in [0.4, 0.5) is 4.79 Å². The lowest BCUT2D eigenvalue weighted by Crippen LogP contribution is -2.41. The van der Waals surface area contributed by atoms with Crippen molar-refractivity contribution in [1.29, 1.82) is 0 Å². The van der Waals surface area contributed by atoms with Crippen LogP contribution in [0, 0.1) is 0 Å². The highest BCUT2D eigenvalue weighted by Crippen LogP contribution is 2.32. The molecular weight excluding hydrogens is 400 g/mol. The van der Waals surface area contributed by atoms with Crippen LogP contribution in [0.3, 0.4) is 0 Å². The van der Waals surface area contributed by atoms with E-state index in [1.807, 2.05) is 0 Å². The largest absolute Gasteiger partial charge is 0.289 e. The average molecular weight is 411 g/mol. The molecule has 2 aliphatic heterocycles. The third-order valence-corrected chi connectivity index (χ3v) is 8.21. The Balaban J connectivity index is 1.78. The number of amides is 2. The summed E-state index contributed by atoms with van der Waals surface area (Å²) in [5.41, 5.74) is 0. The van der Waals surface area contributed by atoms with Gasteiger partial charge in [0.2, 0.25) is 5.91 Å². The van der Waals surface area contributed by atoms with Gasteiger partial charge in [0.05, 0.1) is 15.6 Å². The van der Waals surface area contributed by atoms with Crippen LogP contribution < -0.4 is 0 Å². The van der Waals surface area contributed by atoms with E-state index in [-0.39, 0.29) is 33.7 Å². The van der Waals surface area contributed by atoms with E-state index in [1.165, 1.54) is 9.21 Å². The maximum atomic E-state index is 12.5. The first-order valence-electron chi connectivity index (χ1n) is 6.14. The molecule has 0 radical (unpaired) electrons. The van der Waals surface area contributed by atoms with Crippen molar-refractivity contribution in [3.05, 3.63) is 15.9 Å². The molecule has 0 aromatic carbocycles. The first-order chi connectivity index (χ1) is 9.89. The van der Waals surface area contributed by atoms with Gasteiger partial charge in [-0.1, -0.05) is 11.8 Å². The third-order valence-electron chi connectivity index (χ3n) is 3.42. The Morgan fingerprint density at radius 1 is 1.29 bits per heavy atom. The van der Waals surface area contributed by atoms with Gasteiger partial charge < -0.3 is 0 Å². The molecule has 0 N–H and O–H groups in total. The number of halogens is 1. The van der Waals surface area contributed by atoms with E-state index < -0.39 is 10.0 Å². The summed E-state index contributed by atoms with van der Waals surface area (Å²) < 4.78 is 27.3. The summed E-state index contributed by atoms with van der Waals surface area (Å²) in [6.45, 7) is 0.500. The van der Waals surface area contributed by atoms with Gasteiger partial charge in [-0.3, -0.25) is 14.5 Å². The number of sulfonamides is 1. The van der Waals surface area contributed by atoms with Gasteiger partial charge in [0, 0.05) is 13.1 Å². The predicted octanol–water partition coefficient (Wildman–Crippen LogP) is 1.97. The van der Waals surface area contributed by atoms with Crippen molar-refractivity contribution in [3.63, 3.8) is 0 Å². The maximum Gasteiger partial charge on any atom is 0.289 e. The molecule has 2 aliphatic rings. The zero-order valence-corrected chi connectivity index (χ0v) is 14.7. The second-order valence-corrected chi connectivity index (χ2v) is 10.2. The number of nitrogens with zero attached hydrogens (tertiary/aromatic N) is 2. The fourth-order valence-corrected chi connectivity index (χ4v) is 6.85. The van der Waals surface area contributed by atoms with Gasteiger partial charge in [-0.15, -0.1) is 11.3 Å². The number of thiophene rings is 1. The molecule has 1 aromatic rings.